The summed E-state index contributed by atoms with van der Waals surface area (Å²) in [6.07, 6.45) is 0. The van der Waals surface area contributed by atoms with Crippen LogP contribution in [-0.2, 0) is 0 Å². The smallest absolute Gasteiger partial charge is 0.152 e. The number of hydrogen-bond donors (Lipinski definition) is 3. The number of nitrogens with zero attached hydrogens (tertiary/aromatic N) is 4. The van der Waals surface area contributed by atoms with Crippen LogP contribution in [0.4, 0.5) is 28.4 Å². The van der Waals surface area contributed by atoms with Crippen molar-refractivity contribution >= 4 is 62.6 Å². The Balaban J connectivity index is 1.55. The molecule has 5 aromatic carbocycles. The second-order valence-corrected chi connectivity index (χ2v) is 8.95. The summed E-state index contributed by atoms with van der Waals surface area (Å²) >= 11 is 4.51. The van der Waals surface area contributed by atoms with Gasteiger partial charge < -0.3 is 10.8 Å². The van der Waals surface area contributed by atoms with Gasteiger partial charge in [-0.1, -0.05) is 36.4 Å². The molecular formula is C28H23N5OS. The Hall–Kier alpha value is -4.23. The Bertz CT molecular complexity index is 1640. The van der Waals surface area contributed by atoms with E-state index < -0.39 is 0 Å². The number of thiol groups is 1. The fraction of sp³-hybridized carbons (Fsp3) is 0.0714. The molecule has 0 saturated carbocycles. The molecule has 5 rings (SSSR count). The van der Waals surface area contributed by atoms with E-state index in [9.17, 15) is 5.11 Å². The Labute approximate surface area is 208 Å². The van der Waals surface area contributed by atoms with Crippen LogP contribution in [0.2, 0.25) is 0 Å². The molecule has 0 atom stereocenters. The quantitative estimate of drug-likeness (QED) is 0.137. The normalized spacial score (nSPS) is 11.9. The molecule has 0 aliphatic heterocycles. The number of phenolic OH excluding ortho intramolecular Hbond substituents is 1. The van der Waals surface area contributed by atoms with Gasteiger partial charge in [0, 0.05) is 26.7 Å². The number of phenols is 1. The molecule has 0 heterocycles. The van der Waals surface area contributed by atoms with Crippen LogP contribution in [-0.4, -0.2) is 5.11 Å². The van der Waals surface area contributed by atoms with Crippen LogP contribution in [0, 0.1) is 13.8 Å². The van der Waals surface area contributed by atoms with Gasteiger partial charge in [-0.2, -0.15) is 5.11 Å². The lowest BCUT2D eigenvalue weighted by atomic mass is 10.1. The topological polar surface area (TPSA) is 95.7 Å². The number of benzene rings is 5. The van der Waals surface area contributed by atoms with Crippen LogP contribution in [0.15, 0.2) is 104 Å². The van der Waals surface area contributed by atoms with E-state index in [4.69, 9.17) is 5.73 Å². The summed E-state index contributed by atoms with van der Waals surface area (Å²) < 4.78 is 0. The Morgan fingerprint density at radius 1 is 0.686 bits per heavy atom. The average molecular weight is 478 g/mol. The van der Waals surface area contributed by atoms with E-state index in [1.807, 2.05) is 74.5 Å². The van der Waals surface area contributed by atoms with Gasteiger partial charge in [0.05, 0.1) is 17.1 Å². The van der Waals surface area contributed by atoms with Gasteiger partial charge in [0.15, 0.2) is 5.75 Å². The van der Waals surface area contributed by atoms with E-state index in [0.29, 0.717) is 21.7 Å². The largest absolute Gasteiger partial charge is 0.505 e. The molecule has 0 unspecified atom stereocenters. The number of azo groups is 2. The average Bonchev–Trinajstić information content (AvgIpc) is 2.83. The molecule has 0 aliphatic rings. The van der Waals surface area contributed by atoms with E-state index in [-0.39, 0.29) is 11.4 Å². The lowest BCUT2D eigenvalue weighted by Gasteiger charge is -2.08. The third-order valence-electron chi connectivity index (χ3n) is 5.71. The number of fused-ring (bicyclic) bond motifs is 2. The van der Waals surface area contributed by atoms with Crippen molar-refractivity contribution in [1.29, 1.82) is 0 Å². The molecule has 0 radical (unpaired) electrons. The zero-order valence-electron chi connectivity index (χ0n) is 19.3. The summed E-state index contributed by atoms with van der Waals surface area (Å²) in [4.78, 5) is 0.520. The Morgan fingerprint density at radius 2 is 1.31 bits per heavy atom. The molecule has 0 bridgehead atoms. The summed E-state index contributed by atoms with van der Waals surface area (Å²) in [6.45, 7) is 4.08. The number of aromatic hydroxyl groups is 1. The highest BCUT2D eigenvalue weighted by molar-refractivity contribution is 7.80. The second kappa shape index (κ2) is 9.19. The molecule has 3 N–H and O–H groups in total. The van der Waals surface area contributed by atoms with Crippen molar-refractivity contribution in [2.75, 3.05) is 5.73 Å². The summed E-state index contributed by atoms with van der Waals surface area (Å²) in [5.41, 5.74) is 11.2. The highest BCUT2D eigenvalue weighted by Crippen LogP contribution is 2.42. The van der Waals surface area contributed by atoms with Crippen LogP contribution in [0.1, 0.15) is 11.1 Å². The molecule has 0 amide bonds. The third kappa shape index (κ3) is 4.58. The highest BCUT2D eigenvalue weighted by atomic mass is 32.1. The lowest BCUT2D eigenvalue weighted by Crippen LogP contribution is -1.85. The second-order valence-electron chi connectivity index (χ2n) is 8.47. The maximum absolute atomic E-state index is 10.8. The van der Waals surface area contributed by atoms with Gasteiger partial charge >= 0.3 is 0 Å². The van der Waals surface area contributed by atoms with Crippen LogP contribution < -0.4 is 5.73 Å². The molecule has 0 aliphatic carbocycles. The predicted molar refractivity (Wildman–Crippen MR) is 145 cm³/mol. The fourth-order valence-corrected chi connectivity index (χ4v) is 4.42. The number of nitrogens with two attached hydrogens (primary N) is 1. The van der Waals surface area contributed by atoms with Crippen molar-refractivity contribution < 1.29 is 5.11 Å². The number of nitrogen functional groups attached to an aromatic ring is 1. The van der Waals surface area contributed by atoms with E-state index in [1.54, 1.807) is 12.1 Å². The minimum absolute atomic E-state index is 0.00766. The van der Waals surface area contributed by atoms with Crippen molar-refractivity contribution in [3.63, 3.8) is 0 Å². The SMILES string of the molecule is Cc1cc(C)cc(N=Nc2ccc(N=Nc3c(S)cc4ccc(N)cc4c3O)c3ccccc23)c1. The van der Waals surface area contributed by atoms with Crippen molar-refractivity contribution in [2.45, 2.75) is 18.7 Å². The maximum atomic E-state index is 10.8. The number of rotatable bonds is 4. The van der Waals surface area contributed by atoms with Gasteiger partial charge in [-0.15, -0.1) is 28.0 Å². The first-order chi connectivity index (χ1) is 16.9. The Morgan fingerprint density at radius 3 is 1.97 bits per heavy atom. The fourth-order valence-electron chi connectivity index (χ4n) is 4.13. The summed E-state index contributed by atoms with van der Waals surface area (Å²) in [6, 6.07) is 24.8. The molecule has 0 fully saturated rings. The van der Waals surface area contributed by atoms with Crippen molar-refractivity contribution in [3.05, 3.63) is 90.0 Å². The van der Waals surface area contributed by atoms with Gasteiger partial charge in [-0.05, 0) is 72.8 Å². The first-order valence-electron chi connectivity index (χ1n) is 11.1. The molecule has 7 heteroatoms. The lowest BCUT2D eigenvalue weighted by molar-refractivity contribution is 0.481. The zero-order valence-corrected chi connectivity index (χ0v) is 20.2. The first kappa shape index (κ1) is 22.6. The van der Waals surface area contributed by atoms with Gasteiger partial charge in [0.1, 0.15) is 5.69 Å². The molecule has 0 aromatic heterocycles. The first-order valence-corrected chi connectivity index (χ1v) is 11.5. The number of anilines is 1. The van der Waals surface area contributed by atoms with E-state index in [0.717, 1.165) is 38.7 Å². The van der Waals surface area contributed by atoms with Gasteiger partial charge in [-0.25, -0.2) is 0 Å². The van der Waals surface area contributed by atoms with Crippen LogP contribution in [0.5, 0.6) is 5.75 Å². The van der Waals surface area contributed by atoms with Crippen LogP contribution in [0.25, 0.3) is 21.5 Å². The minimum Gasteiger partial charge on any atom is -0.505 e. The maximum Gasteiger partial charge on any atom is 0.152 e. The molecule has 5 aromatic rings. The standard InChI is InChI=1S/C28H23N5OS/c1-16-11-17(2)13-20(12-16)30-31-24-9-10-25(22-6-4-3-5-21(22)24)32-33-27-26(35)14-18-7-8-19(29)15-23(18)28(27)34/h3-15,34-35H,29H2,1-2H3. The molecule has 0 spiro atoms. The zero-order chi connectivity index (χ0) is 24.5. The monoisotopic (exact) mass is 477 g/mol. The summed E-state index contributed by atoms with van der Waals surface area (Å²) in [5.74, 6) is -0.00766. The molecule has 172 valence electrons. The van der Waals surface area contributed by atoms with E-state index in [1.165, 1.54) is 0 Å². The Kier molecular flexibility index (Phi) is 5.93. The van der Waals surface area contributed by atoms with Gasteiger partial charge in [-0.3, -0.25) is 0 Å². The van der Waals surface area contributed by atoms with Crippen molar-refractivity contribution in [3.8, 4) is 5.75 Å². The highest BCUT2D eigenvalue weighted by Gasteiger charge is 2.12. The minimum atomic E-state index is -0.00766. The molecule has 0 saturated heterocycles. The van der Waals surface area contributed by atoms with E-state index >= 15 is 0 Å². The summed E-state index contributed by atoms with van der Waals surface area (Å²) in [5, 5.41) is 31.8. The van der Waals surface area contributed by atoms with Crippen molar-refractivity contribution in [1.82, 2.24) is 0 Å². The molecule has 35 heavy (non-hydrogen) atoms. The van der Waals surface area contributed by atoms with Gasteiger partial charge in [0.2, 0.25) is 0 Å². The number of hydrogen-bond acceptors (Lipinski definition) is 7. The van der Waals surface area contributed by atoms with Gasteiger partial charge in [0.25, 0.3) is 0 Å². The summed E-state index contributed by atoms with van der Waals surface area (Å²) in [7, 11) is 0. The third-order valence-corrected chi connectivity index (χ3v) is 6.05. The predicted octanol–water partition coefficient (Wildman–Crippen LogP) is 9.02. The molecule has 6 nitrogen and oxygen atoms in total. The van der Waals surface area contributed by atoms with E-state index in [2.05, 4.69) is 39.2 Å². The van der Waals surface area contributed by atoms with Crippen LogP contribution >= 0.6 is 12.6 Å². The van der Waals surface area contributed by atoms with Crippen LogP contribution in [0.3, 0.4) is 0 Å². The van der Waals surface area contributed by atoms with Crippen molar-refractivity contribution in [2.24, 2.45) is 20.5 Å². The molecular weight excluding hydrogens is 454 g/mol. The number of aryl methyl sites for hydroxylation is 2.